The van der Waals surface area contributed by atoms with E-state index in [1.807, 2.05) is 11.6 Å². The van der Waals surface area contributed by atoms with Crippen molar-refractivity contribution in [1.82, 2.24) is 4.72 Å². The number of azo groups is 1. The summed E-state index contributed by atoms with van der Waals surface area (Å²) in [5.74, 6) is 0. The number of hydrogen-bond acceptors (Lipinski definition) is 5. The van der Waals surface area contributed by atoms with E-state index in [-0.39, 0.29) is 0 Å². The molecule has 0 saturated heterocycles. The van der Waals surface area contributed by atoms with Gasteiger partial charge in [-0.25, -0.2) is 17.9 Å². The third kappa shape index (κ3) is 4.79. The van der Waals surface area contributed by atoms with Gasteiger partial charge in [0.05, 0.1) is 5.70 Å². The van der Waals surface area contributed by atoms with Gasteiger partial charge in [-0.1, -0.05) is 39.5 Å². The average Bonchev–Trinajstić information content (AvgIpc) is 2.83. The van der Waals surface area contributed by atoms with Crippen molar-refractivity contribution in [2.45, 2.75) is 70.1 Å². The van der Waals surface area contributed by atoms with Crippen LogP contribution < -0.4 is 10.5 Å². The standard InChI is InChI=1S/C14H26N4O3S/c1-3-5-7-9-12-11-14(18-16-12,10-8-6-4-2)22(20,21)17-13(15)19/h11H,3-10H2,1-2H3,(H3,15,17,19). The van der Waals surface area contributed by atoms with E-state index in [9.17, 15) is 13.2 Å². The Labute approximate surface area is 132 Å². The third-order valence-corrected chi connectivity index (χ3v) is 5.42. The number of sulfonamides is 1. The maximum atomic E-state index is 12.4. The lowest BCUT2D eigenvalue weighted by atomic mass is 10.1. The molecule has 1 aliphatic heterocycles. The van der Waals surface area contributed by atoms with Gasteiger partial charge in [0, 0.05) is 0 Å². The molecule has 8 heteroatoms. The van der Waals surface area contributed by atoms with Crippen molar-refractivity contribution in [3.8, 4) is 0 Å². The molecule has 2 amide bonds. The number of urea groups is 1. The third-order valence-electron chi connectivity index (χ3n) is 3.62. The quantitative estimate of drug-likeness (QED) is 0.599. The summed E-state index contributed by atoms with van der Waals surface area (Å²) < 4.78 is 26.7. The highest BCUT2D eigenvalue weighted by atomic mass is 32.2. The Morgan fingerprint density at radius 3 is 2.45 bits per heavy atom. The lowest BCUT2D eigenvalue weighted by molar-refractivity contribution is 0.253. The molecule has 0 bridgehead atoms. The minimum atomic E-state index is -4.03. The van der Waals surface area contributed by atoms with Crippen LogP contribution in [0.25, 0.3) is 0 Å². The molecule has 0 saturated carbocycles. The Morgan fingerprint density at radius 1 is 1.23 bits per heavy atom. The zero-order chi connectivity index (χ0) is 16.6. The molecule has 7 nitrogen and oxygen atoms in total. The van der Waals surface area contributed by atoms with E-state index in [2.05, 4.69) is 17.2 Å². The lowest BCUT2D eigenvalue weighted by Gasteiger charge is -2.22. The largest absolute Gasteiger partial charge is 0.351 e. The van der Waals surface area contributed by atoms with Crippen LogP contribution >= 0.6 is 0 Å². The molecule has 3 N–H and O–H groups in total. The Balaban J connectivity index is 2.95. The average molecular weight is 330 g/mol. The highest BCUT2D eigenvalue weighted by Crippen LogP contribution is 2.35. The number of unbranched alkanes of at least 4 members (excludes halogenated alkanes) is 4. The fourth-order valence-corrected chi connectivity index (χ4v) is 3.68. The highest BCUT2D eigenvalue weighted by molar-refractivity contribution is 7.91. The number of carbonyl (C=O) groups is 1. The summed E-state index contributed by atoms with van der Waals surface area (Å²) in [4.78, 5) is 9.47. The van der Waals surface area contributed by atoms with Gasteiger partial charge in [0.25, 0.3) is 10.0 Å². The molecule has 1 rings (SSSR count). The fourth-order valence-electron chi connectivity index (χ4n) is 2.38. The maximum Gasteiger partial charge on any atom is 0.325 e. The molecular weight excluding hydrogens is 304 g/mol. The molecule has 0 spiro atoms. The van der Waals surface area contributed by atoms with E-state index in [0.29, 0.717) is 25.0 Å². The summed E-state index contributed by atoms with van der Waals surface area (Å²) in [6.07, 6.45) is 8.18. The molecule has 22 heavy (non-hydrogen) atoms. The molecule has 126 valence electrons. The van der Waals surface area contributed by atoms with Crippen molar-refractivity contribution in [3.63, 3.8) is 0 Å². The van der Waals surface area contributed by atoms with Crippen LogP contribution in [-0.2, 0) is 10.0 Å². The number of rotatable bonds is 10. The van der Waals surface area contributed by atoms with E-state index in [4.69, 9.17) is 5.73 Å². The summed E-state index contributed by atoms with van der Waals surface area (Å²) in [7, 11) is -4.03. The van der Waals surface area contributed by atoms with E-state index in [1.54, 1.807) is 6.08 Å². The van der Waals surface area contributed by atoms with Crippen LogP contribution in [0.5, 0.6) is 0 Å². The molecule has 1 aliphatic rings. The van der Waals surface area contributed by atoms with E-state index >= 15 is 0 Å². The maximum absolute atomic E-state index is 12.4. The molecule has 1 unspecified atom stereocenters. The summed E-state index contributed by atoms with van der Waals surface area (Å²) in [5.41, 5.74) is 5.64. The Hall–Kier alpha value is -1.44. The Morgan fingerprint density at radius 2 is 1.86 bits per heavy atom. The highest BCUT2D eigenvalue weighted by Gasteiger charge is 2.45. The molecule has 0 aromatic rings. The number of nitrogens with two attached hydrogens (primary N) is 1. The van der Waals surface area contributed by atoms with Gasteiger partial charge in [-0.3, -0.25) is 0 Å². The second-order valence-corrected chi connectivity index (χ2v) is 7.48. The van der Waals surface area contributed by atoms with Crippen LogP contribution in [0.1, 0.15) is 65.2 Å². The van der Waals surface area contributed by atoms with Gasteiger partial charge in [-0.15, -0.1) is 0 Å². The van der Waals surface area contributed by atoms with E-state index in [0.717, 1.165) is 32.1 Å². The van der Waals surface area contributed by atoms with Crippen molar-refractivity contribution >= 4 is 16.1 Å². The van der Waals surface area contributed by atoms with Gasteiger partial charge in [0.2, 0.25) is 4.87 Å². The number of nitrogens with one attached hydrogen (secondary N) is 1. The first kappa shape index (κ1) is 18.6. The summed E-state index contributed by atoms with van der Waals surface area (Å²) >= 11 is 0. The summed E-state index contributed by atoms with van der Waals surface area (Å²) in [6.45, 7) is 4.13. The second kappa shape index (κ2) is 8.26. The van der Waals surface area contributed by atoms with Crippen molar-refractivity contribution in [3.05, 3.63) is 11.8 Å². The zero-order valence-electron chi connectivity index (χ0n) is 13.3. The molecule has 1 heterocycles. The van der Waals surface area contributed by atoms with Gasteiger partial charge in [-0.05, 0) is 31.8 Å². The van der Waals surface area contributed by atoms with Crippen LogP contribution in [0.4, 0.5) is 4.79 Å². The SMILES string of the molecule is CCCCCC1=CC(CCCCC)(S(=O)(=O)NC(N)=O)N=N1. The van der Waals surface area contributed by atoms with Gasteiger partial charge in [0.15, 0.2) is 0 Å². The van der Waals surface area contributed by atoms with Crippen LogP contribution in [-0.4, -0.2) is 19.3 Å². The smallest absolute Gasteiger partial charge is 0.325 e. The molecule has 0 aromatic carbocycles. The summed E-state index contributed by atoms with van der Waals surface area (Å²) in [6, 6.07) is -1.10. The number of nitrogens with zero attached hydrogens (tertiary/aromatic N) is 2. The van der Waals surface area contributed by atoms with Crippen molar-refractivity contribution in [1.29, 1.82) is 0 Å². The number of amides is 2. The Kier molecular flexibility index (Phi) is 6.99. The fraction of sp³-hybridized carbons (Fsp3) is 0.786. The lowest BCUT2D eigenvalue weighted by Crippen LogP contribution is -2.47. The first-order chi connectivity index (χ1) is 10.4. The zero-order valence-corrected chi connectivity index (χ0v) is 14.2. The second-order valence-electron chi connectivity index (χ2n) is 5.56. The van der Waals surface area contributed by atoms with Gasteiger partial charge < -0.3 is 5.73 Å². The molecule has 0 radical (unpaired) electrons. The van der Waals surface area contributed by atoms with Gasteiger partial charge in [0.1, 0.15) is 0 Å². The first-order valence-electron chi connectivity index (χ1n) is 7.83. The molecule has 1 atom stereocenters. The Bertz CT molecular complexity index is 542. The predicted molar refractivity (Wildman–Crippen MR) is 85.6 cm³/mol. The molecule has 0 aliphatic carbocycles. The monoisotopic (exact) mass is 330 g/mol. The number of hydrogen-bond donors (Lipinski definition) is 2. The number of carbonyl (C=O) groups excluding carboxylic acids is 1. The van der Waals surface area contributed by atoms with Crippen LogP contribution in [0.15, 0.2) is 22.0 Å². The van der Waals surface area contributed by atoms with Gasteiger partial charge in [-0.2, -0.15) is 10.2 Å². The van der Waals surface area contributed by atoms with E-state index in [1.165, 1.54) is 0 Å². The van der Waals surface area contributed by atoms with Crippen LogP contribution in [0, 0.1) is 0 Å². The normalized spacial score (nSPS) is 20.9. The van der Waals surface area contributed by atoms with Crippen LogP contribution in [0.2, 0.25) is 0 Å². The van der Waals surface area contributed by atoms with Crippen LogP contribution in [0.3, 0.4) is 0 Å². The van der Waals surface area contributed by atoms with Crippen molar-refractivity contribution in [2.24, 2.45) is 16.0 Å². The predicted octanol–water partition coefficient (Wildman–Crippen LogP) is 3.19. The minimum Gasteiger partial charge on any atom is -0.351 e. The van der Waals surface area contributed by atoms with Crippen molar-refractivity contribution < 1.29 is 13.2 Å². The number of primary amides is 1. The van der Waals surface area contributed by atoms with Crippen molar-refractivity contribution in [2.75, 3.05) is 0 Å². The van der Waals surface area contributed by atoms with E-state index < -0.39 is 20.9 Å². The minimum absolute atomic E-state index is 0.296. The molecular formula is C14H26N4O3S. The molecule has 0 fully saturated rings. The first-order valence-corrected chi connectivity index (χ1v) is 9.31. The van der Waals surface area contributed by atoms with Gasteiger partial charge >= 0.3 is 6.03 Å². The summed E-state index contributed by atoms with van der Waals surface area (Å²) in [5, 5.41) is 8.03. The topological polar surface area (TPSA) is 114 Å². The molecule has 0 aromatic heterocycles. The number of allylic oxidation sites excluding steroid dienone is 1.